The van der Waals surface area contributed by atoms with E-state index in [9.17, 15) is 9.59 Å². The number of carbonyl (C=O) groups is 2. The molecule has 0 atom stereocenters. The van der Waals surface area contributed by atoms with Gasteiger partial charge >= 0.3 is 5.97 Å². The fraction of sp³-hybridized carbons (Fsp3) is 0.407. The van der Waals surface area contributed by atoms with Crippen LogP contribution >= 0.6 is 11.6 Å². The van der Waals surface area contributed by atoms with Crippen LogP contribution in [0.4, 0.5) is 0 Å². The maximum atomic E-state index is 13.4. The Hall–Kier alpha value is -2.83. The summed E-state index contributed by atoms with van der Waals surface area (Å²) in [6.07, 6.45) is 0.0692. The van der Waals surface area contributed by atoms with Crippen LogP contribution < -0.4 is 4.74 Å². The van der Waals surface area contributed by atoms with Crippen molar-refractivity contribution in [2.45, 2.75) is 53.1 Å². The number of halogens is 1. The van der Waals surface area contributed by atoms with Gasteiger partial charge in [0.05, 0.1) is 19.0 Å². The summed E-state index contributed by atoms with van der Waals surface area (Å²) in [5.41, 5.74) is 2.68. The third kappa shape index (κ3) is 5.62. The molecule has 6 nitrogen and oxygen atoms in total. The van der Waals surface area contributed by atoms with E-state index in [1.807, 2.05) is 25.1 Å². The molecule has 34 heavy (non-hydrogen) atoms. The molecule has 0 saturated carbocycles. The predicted octanol–water partition coefficient (Wildman–Crippen LogP) is 5.50. The Kier molecular flexibility index (Phi) is 8.39. The number of ether oxygens (including phenoxy) is 2. The Morgan fingerprint density at radius 2 is 1.68 bits per heavy atom. The molecule has 0 saturated heterocycles. The number of methoxy groups -OCH3 is 1. The molecule has 2 aromatic carbocycles. The van der Waals surface area contributed by atoms with Crippen molar-refractivity contribution in [2.75, 3.05) is 20.3 Å². The van der Waals surface area contributed by atoms with Crippen LogP contribution in [-0.4, -0.2) is 53.7 Å². The minimum absolute atomic E-state index is 0.0692. The van der Waals surface area contributed by atoms with Crippen molar-refractivity contribution in [1.82, 2.24) is 9.47 Å². The second kappa shape index (κ2) is 11.1. The van der Waals surface area contributed by atoms with Crippen LogP contribution in [0.15, 0.2) is 42.5 Å². The molecule has 0 bridgehead atoms. The Morgan fingerprint density at radius 1 is 1.03 bits per heavy atom. The second-order valence-corrected chi connectivity index (χ2v) is 9.35. The topological polar surface area (TPSA) is 60.8 Å². The smallest absolute Gasteiger partial charge is 0.310 e. The molecule has 0 spiro atoms. The third-order valence-electron chi connectivity index (χ3n) is 6.10. The van der Waals surface area contributed by atoms with Gasteiger partial charge in [0, 0.05) is 40.3 Å². The molecule has 1 heterocycles. The summed E-state index contributed by atoms with van der Waals surface area (Å²) >= 11 is 5.99. The molecule has 0 unspecified atom stereocenters. The van der Waals surface area contributed by atoms with E-state index in [2.05, 4.69) is 32.6 Å². The van der Waals surface area contributed by atoms with Gasteiger partial charge < -0.3 is 9.47 Å². The van der Waals surface area contributed by atoms with E-state index in [1.165, 1.54) is 0 Å². The fourth-order valence-corrected chi connectivity index (χ4v) is 4.49. The zero-order valence-corrected chi connectivity index (χ0v) is 21.5. The van der Waals surface area contributed by atoms with Gasteiger partial charge in [-0.1, -0.05) is 11.6 Å². The largest absolute Gasteiger partial charge is 0.497 e. The highest BCUT2D eigenvalue weighted by Crippen LogP contribution is 2.31. The number of rotatable bonds is 9. The van der Waals surface area contributed by atoms with Crippen LogP contribution in [0.5, 0.6) is 5.75 Å². The molecule has 7 heteroatoms. The Balaban J connectivity index is 1.89. The Morgan fingerprint density at radius 3 is 2.26 bits per heavy atom. The number of aromatic nitrogens is 1. The summed E-state index contributed by atoms with van der Waals surface area (Å²) in [7, 11) is 1.59. The maximum absolute atomic E-state index is 13.4. The molecule has 0 aliphatic carbocycles. The molecule has 0 fully saturated rings. The Labute approximate surface area is 206 Å². The van der Waals surface area contributed by atoms with Crippen LogP contribution in [-0.2, 0) is 16.0 Å². The highest BCUT2D eigenvalue weighted by atomic mass is 35.5. The number of benzene rings is 2. The normalized spacial score (nSPS) is 11.6. The average Bonchev–Trinajstić information content (AvgIpc) is 3.06. The highest BCUT2D eigenvalue weighted by molar-refractivity contribution is 6.30. The van der Waals surface area contributed by atoms with Crippen LogP contribution in [0.3, 0.4) is 0 Å². The highest BCUT2D eigenvalue weighted by Gasteiger charge is 2.23. The van der Waals surface area contributed by atoms with E-state index in [1.54, 1.807) is 35.9 Å². The maximum Gasteiger partial charge on any atom is 0.310 e. The summed E-state index contributed by atoms with van der Waals surface area (Å²) in [5.74, 6) is 0.146. The van der Waals surface area contributed by atoms with E-state index >= 15 is 0 Å². The van der Waals surface area contributed by atoms with Gasteiger partial charge in [-0.05, 0) is 82.6 Å². The van der Waals surface area contributed by atoms with Crippen LogP contribution in [0.1, 0.15) is 49.3 Å². The lowest BCUT2D eigenvalue weighted by Gasteiger charge is -2.30. The van der Waals surface area contributed by atoms with E-state index in [-0.39, 0.29) is 18.3 Å². The number of carbonyl (C=O) groups excluding carboxylic acids is 2. The molecule has 0 amide bonds. The number of fused-ring (bicyclic) bond motifs is 1. The average molecular weight is 485 g/mol. The van der Waals surface area contributed by atoms with Gasteiger partial charge in [-0.3, -0.25) is 19.1 Å². The lowest BCUT2D eigenvalue weighted by atomic mass is 10.1. The SMILES string of the molecule is COc1ccc2c(c1)c(CC(=O)OCCN(C(C)C)C(C)C)c(C)n2C(=O)c1ccc(Cl)cc1. The van der Waals surface area contributed by atoms with Crippen molar-refractivity contribution in [1.29, 1.82) is 0 Å². The lowest BCUT2D eigenvalue weighted by molar-refractivity contribution is -0.143. The quantitative estimate of drug-likeness (QED) is 0.375. The first-order chi connectivity index (χ1) is 16.1. The van der Waals surface area contributed by atoms with Gasteiger partial charge in [0.15, 0.2) is 0 Å². The molecular weight excluding hydrogens is 452 g/mol. The second-order valence-electron chi connectivity index (χ2n) is 8.92. The predicted molar refractivity (Wildman–Crippen MR) is 136 cm³/mol. The first-order valence-corrected chi connectivity index (χ1v) is 11.9. The molecule has 0 N–H and O–H groups in total. The Bertz CT molecular complexity index is 1160. The molecule has 0 aliphatic rings. The van der Waals surface area contributed by atoms with Crippen molar-refractivity contribution in [3.63, 3.8) is 0 Å². The molecule has 1 aromatic heterocycles. The van der Waals surface area contributed by atoms with Crippen molar-refractivity contribution >= 4 is 34.4 Å². The summed E-state index contributed by atoms with van der Waals surface area (Å²) < 4.78 is 12.6. The summed E-state index contributed by atoms with van der Waals surface area (Å²) in [6.45, 7) is 11.4. The fourth-order valence-electron chi connectivity index (χ4n) is 4.37. The van der Waals surface area contributed by atoms with E-state index < -0.39 is 0 Å². The minimum Gasteiger partial charge on any atom is -0.497 e. The van der Waals surface area contributed by atoms with Crippen LogP contribution in [0.25, 0.3) is 10.9 Å². The first kappa shape index (κ1) is 25.8. The number of hydrogen-bond acceptors (Lipinski definition) is 5. The third-order valence-corrected chi connectivity index (χ3v) is 6.35. The minimum atomic E-state index is -0.323. The van der Waals surface area contributed by atoms with E-state index in [0.717, 1.165) is 10.9 Å². The van der Waals surface area contributed by atoms with Gasteiger partial charge in [-0.25, -0.2) is 0 Å². The molecule has 0 radical (unpaired) electrons. The van der Waals surface area contributed by atoms with Gasteiger partial charge in [0.1, 0.15) is 12.4 Å². The van der Waals surface area contributed by atoms with Gasteiger partial charge in [0.2, 0.25) is 0 Å². The van der Waals surface area contributed by atoms with Crippen LogP contribution in [0, 0.1) is 6.92 Å². The van der Waals surface area contributed by atoms with Gasteiger partial charge in [-0.15, -0.1) is 0 Å². The van der Waals surface area contributed by atoms with Gasteiger partial charge in [0.25, 0.3) is 5.91 Å². The van der Waals surface area contributed by atoms with E-state index in [4.69, 9.17) is 21.1 Å². The standard InChI is InChI=1S/C27H33ClN2O4/c1-17(2)29(18(3)4)13-14-34-26(31)16-23-19(5)30(25-12-11-22(33-6)15-24(23)25)27(32)20-7-9-21(28)10-8-20/h7-12,15,17-18H,13-14,16H2,1-6H3. The molecular formula is C27H33ClN2O4. The number of nitrogens with zero attached hydrogens (tertiary/aromatic N) is 2. The number of esters is 1. The molecule has 3 aromatic rings. The summed E-state index contributed by atoms with van der Waals surface area (Å²) in [5, 5.41) is 1.36. The lowest BCUT2D eigenvalue weighted by Crippen LogP contribution is -2.39. The van der Waals surface area contributed by atoms with Crippen LogP contribution in [0.2, 0.25) is 5.02 Å². The summed E-state index contributed by atoms with van der Waals surface area (Å²) in [4.78, 5) is 28.5. The summed E-state index contributed by atoms with van der Waals surface area (Å²) in [6, 6.07) is 13.0. The van der Waals surface area contributed by atoms with Crippen molar-refractivity contribution in [2.24, 2.45) is 0 Å². The first-order valence-electron chi connectivity index (χ1n) is 11.5. The zero-order chi connectivity index (χ0) is 25.0. The van der Waals surface area contributed by atoms with Crippen molar-refractivity contribution in [3.8, 4) is 5.75 Å². The van der Waals surface area contributed by atoms with E-state index in [0.29, 0.717) is 52.8 Å². The zero-order valence-electron chi connectivity index (χ0n) is 20.7. The monoisotopic (exact) mass is 484 g/mol. The molecule has 3 rings (SSSR count). The number of hydrogen-bond donors (Lipinski definition) is 0. The van der Waals surface area contributed by atoms with Gasteiger partial charge in [-0.2, -0.15) is 0 Å². The molecule has 0 aliphatic heterocycles. The molecule has 182 valence electrons. The van der Waals surface area contributed by atoms with Crippen molar-refractivity contribution in [3.05, 3.63) is 64.3 Å². The van der Waals surface area contributed by atoms with Crippen molar-refractivity contribution < 1.29 is 19.1 Å².